The summed E-state index contributed by atoms with van der Waals surface area (Å²) in [5.41, 5.74) is 3.18. The molecular weight excluding hydrogens is 212 g/mol. The molecule has 3 heteroatoms. The van der Waals surface area contributed by atoms with Gasteiger partial charge in [0.2, 0.25) is 0 Å². The fourth-order valence-corrected chi connectivity index (χ4v) is 2.65. The fourth-order valence-electron chi connectivity index (χ4n) is 2.65. The van der Waals surface area contributed by atoms with Crippen LogP contribution in [0.5, 0.6) is 0 Å². The molecule has 1 saturated carbocycles. The molecule has 0 aromatic carbocycles. The quantitative estimate of drug-likeness (QED) is 0.448. The summed E-state index contributed by atoms with van der Waals surface area (Å²) in [6, 6.07) is 0.121. The van der Waals surface area contributed by atoms with E-state index in [2.05, 4.69) is 31.1 Å². The molecular formula is C14H26N2O. The summed E-state index contributed by atoms with van der Waals surface area (Å²) in [4.78, 5) is 0. The van der Waals surface area contributed by atoms with Crippen molar-refractivity contribution in [3.63, 3.8) is 0 Å². The average molecular weight is 238 g/mol. The number of hydrazine groups is 1. The zero-order valence-electron chi connectivity index (χ0n) is 11.6. The minimum atomic E-state index is -0.145. The van der Waals surface area contributed by atoms with Gasteiger partial charge in [-0.15, -0.1) is 11.8 Å². The molecule has 0 aromatic rings. The number of nitrogens with one attached hydrogen (secondary N) is 1. The highest BCUT2D eigenvalue weighted by atomic mass is 16.5. The van der Waals surface area contributed by atoms with Gasteiger partial charge in [-0.2, -0.15) is 0 Å². The number of ether oxygens (including phenoxy) is 1. The van der Waals surface area contributed by atoms with Crippen LogP contribution in [0.25, 0.3) is 0 Å². The molecule has 98 valence electrons. The topological polar surface area (TPSA) is 47.3 Å². The zero-order chi connectivity index (χ0) is 12.9. The van der Waals surface area contributed by atoms with Crippen LogP contribution in [0.15, 0.2) is 0 Å². The molecule has 3 N–H and O–H groups in total. The van der Waals surface area contributed by atoms with Gasteiger partial charge in [0.1, 0.15) is 0 Å². The predicted octanol–water partition coefficient (Wildman–Crippen LogP) is 2.22. The Bertz CT molecular complexity index is 291. The van der Waals surface area contributed by atoms with E-state index in [0.29, 0.717) is 5.41 Å². The largest absolute Gasteiger partial charge is 0.377 e. The molecule has 1 aliphatic carbocycles. The second kappa shape index (κ2) is 5.86. The van der Waals surface area contributed by atoms with Gasteiger partial charge in [0, 0.05) is 13.5 Å². The number of hydrogen-bond donors (Lipinski definition) is 2. The van der Waals surface area contributed by atoms with E-state index in [1.165, 1.54) is 12.8 Å². The van der Waals surface area contributed by atoms with Crippen molar-refractivity contribution < 1.29 is 4.74 Å². The van der Waals surface area contributed by atoms with Crippen molar-refractivity contribution in [2.75, 3.05) is 7.11 Å². The fraction of sp³-hybridized carbons (Fsp3) is 0.857. The molecule has 0 bridgehead atoms. The lowest BCUT2D eigenvalue weighted by Gasteiger charge is -2.46. The van der Waals surface area contributed by atoms with Gasteiger partial charge in [0.05, 0.1) is 11.6 Å². The lowest BCUT2D eigenvalue weighted by atomic mass is 9.68. The first-order valence-electron chi connectivity index (χ1n) is 6.40. The SMILES string of the molecule is CC#CCC(NN)C1(OC)CCC(C)(C)CC1. The maximum atomic E-state index is 5.81. The maximum absolute atomic E-state index is 5.81. The summed E-state index contributed by atoms with van der Waals surface area (Å²) in [5, 5.41) is 0. The first-order valence-corrected chi connectivity index (χ1v) is 6.40. The van der Waals surface area contributed by atoms with Crippen molar-refractivity contribution in [3.8, 4) is 11.8 Å². The Labute approximate surface area is 105 Å². The van der Waals surface area contributed by atoms with Gasteiger partial charge < -0.3 is 4.74 Å². The lowest BCUT2D eigenvalue weighted by molar-refractivity contribution is -0.0852. The smallest absolute Gasteiger partial charge is 0.0854 e. The first kappa shape index (κ1) is 14.5. The third kappa shape index (κ3) is 3.45. The average Bonchev–Trinajstić information content (AvgIpc) is 2.32. The number of nitrogens with two attached hydrogens (primary N) is 1. The third-order valence-corrected chi connectivity index (χ3v) is 4.18. The second-order valence-electron chi connectivity index (χ2n) is 5.78. The van der Waals surface area contributed by atoms with E-state index in [1.54, 1.807) is 7.11 Å². The summed E-state index contributed by atoms with van der Waals surface area (Å²) in [6.07, 6.45) is 5.21. The van der Waals surface area contributed by atoms with E-state index in [9.17, 15) is 0 Å². The van der Waals surface area contributed by atoms with Crippen LogP contribution in [0, 0.1) is 17.3 Å². The Kier molecular flexibility index (Phi) is 5.00. The second-order valence-corrected chi connectivity index (χ2v) is 5.78. The van der Waals surface area contributed by atoms with Gasteiger partial charge in [-0.1, -0.05) is 13.8 Å². The molecule has 1 rings (SSSR count). The standard InChI is InChI=1S/C14H26N2O/c1-5-6-7-12(16-15)14(17-4)10-8-13(2,3)9-11-14/h12,16H,7-11,15H2,1-4H3. The Morgan fingerprint density at radius 1 is 1.29 bits per heavy atom. The van der Waals surface area contributed by atoms with Crippen molar-refractivity contribution in [1.82, 2.24) is 5.43 Å². The molecule has 3 nitrogen and oxygen atoms in total. The van der Waals surface area contributed by atoms with Crippen molar-refractivity contribution in [3.05, 3.63) is 0 Å². The summed E-state index contributed by atoms with van der Waals surface area (Å²) in [7, 11) is 1.79. The monoisotopic (exact) mass is 238 g/mol. The van der Waals surface area contributed by atoms with E-state index < -0.39 is 0 Å². The molecule has 0 saturated heterocycles. The molecule has 0 amide bonds. The molecule has 1 aliphatic rings. The van der Waals surface area contributed by atoms with Gasteiger partial charge in [0.15, 0.2) is 0 Å². The highest BCUT2D eigenvalue weighted by Crippen LogP contribution is 2.43. The van der Waals surface area contributed by atoms with E-state index in [1.807, 2.05) is 6.92 Å². The van der Waals surface area contributed by atoms with Crippen molar-refractivity contribution >= 4 is 0 Å². The lowest BCUT2D eigenvalue weighted by Crippen LogP contribution is -2.56. The number of methoxy groups -OCH3 is 1. The maximum Gasteiger partial charge on any atom is 0.0854 e. The van der Waals surface area contributed by atoms with E-state index in [0.717, 1.165) is 19.3 Å². The summed E-state index contributed by atoms with van der Waals surface area (Å²) >= 11 is 0. The molecule has 0 heterocycles. The van der Waals surface area contributed by atoms with Crippen LogP contribution in [0.1, 0.15) is 52.9 Å². The van der Waals surface area contributed by atoms with Crippen LogP contribution < -0.4 is 11.3 Å². The van der Waals surface area contributed by atoms with Gasteiger partial charge in [-0.05, 0) is 38.0 Å². The van der Waals surface area contributed by atoms with Gasteiger partial charge >= 0.3 is 0 Å². The summed E-state index contributed by atoms with van der Waals surface area (Å²) in [5.74, 6) is 11.7. The van der Waals surface area contributed by atoms with Crippen molar-refractivity contribution in [2.45, 2.75) is 64.5 Å². The Morgan fingerprint density at radius 3 is 2.29 bits per heavy atom. The van der Waals surface area contributed by atoms with Gasteiger partial charge in [-0.25, -0.2) is 0 Å². The molecule has 0 aliphatic heterocycles. The van der Waals surface area contributed by atoms with E-state index >= 15 is 0 Å². The first-order chi connectivity index (χ1) is 7.99. The van der Waals surface area contributed by atoms with Crippen LogP contribution in [-0.2, 0) is 4.74 Å². The Hall–Kier alpha value is -0.560. The van der Waals surface area contributed by atoms with Crippen LogP contribution in [0.4, 0.5) is 0 Å². The highest BCUT2D eigenvalue weighted by molar-refractivity contribution is 5.05. The molecule has 17 heavy (non-hydrogen) atoms. The number of hydrogen-bond acceptors (Lipinski definition) is 3. The summed E-state index contributed by atoms with van der Waals surface area (Å²) in [6.45, 7) is 6.50. The zero-order valence-corrected chi connectivity index (χ0v) is 11.6. The molecule has 1 unspecified atom stereocenters. The van der Waals surface area contributed by atoms with E-state index in [-0.39, 0.29) is 11.6 Å². The normalized spacial score (nSPS) is 23.6. The molecule has 0 spiro atoms. The Morgan fingerprint density at radius 2 is 1.88 bits per heavy atom. The minimum absolute atomic E-state index is 0.121. The minimum Gasteiger partial charge on any atom is -0.377 e. The van der Waals surface area contributed by atoms with Gasteiger partial charge in [-0.3, -0.25) is 11.3 Å². The molecule has 1 atom stereocenters. The van der Waals surface area contributed by atoms with Crippen LogP contribution in [0.3, 0.4) is 0 Å². The highest BCUT2D eigenvalue weighted by Gasteiger charge is 2.43. The van der Waals surface area contributed by atoms with Crippen molar-refractivity contribution in [1.29, 1.82) is 0 Å². The third-order valence-electron chi connectivity index (χ3n) is 4.18. The van der Waals surface area contributed by atoms with Crippen LogP contribution in [0.2, 0.25) is 0 Å². The molecule has 0 aromatic heterocycles. The predicted molar refractivity (Wildman–Crippen MR) is 71.2 cm³/mol. The van der Waals surface area contributed by atoms with Crippen LogP contribution >= 0.6 is 0 Å². The van der Waals surface area contributed by atoms with Crippen LogP contribution in [-0.4, -0.2) is 18.8 Å². The molecule has 1 fully saturated rings. The van der Waals surface area contributed by atoms with E-state index in [4.69, 9.17) is 10.6 Å². The summed E-state index contributed by atoms with van der Waals surface area (Å²) < 4.78 is 5.81. The molecule has 0 radical (unpaired) electrons. The Balaban J connectivity index is 2.76. The van der Waals surface area contributed by atoms with Crippen molar-refractivity contribution in [2.24, 2.45) is 11.3 Å². The number of rotatable bonds is 4. The van der Waals surface area contributed by atoms with Gasteiger partial charge in [0.25, 0.3) is 0 Å².